The van der Waals surface area contributed by atoms with Gasteiger partial charge >= 0.3 is 5.97 Å². The maximum absolute atomic E-state index is 11.0. The summed E-state index contributed by atoms with van der Waals surface area (Å²) >= 11 is 0. The average molecular weight is 298 g/mol. The average Bonchev–Trinajstić information content (AvgIpc) is 2.59. The van der Waals surface area contributed by atoms with Crippen LogP contribution in [0.5, 0.6) is 0 Å². The minimum Gasteiger partial charge on any atom is -0.480 e. The molecule has 0 aliphatic carbocycles. The van der Waals surface area contributed by atoms with Crippen LogP contribution in [0.4, 0.5) is 0 Å². The molecule has 1 rings (SSSR count). The third kappa shape index (κ3) is 6.35. The standard InChI is InChI=1S/C17H34N2O2/c1-16(2,3)14-8-7-12-19(13-9-14)11-6-5-10-17(4,18)15(20)21/h14H,5-13,18H2,1-4H3,(H,20,21). The third-order valence-corrected chi connectivity index (χ3v) is 4.95. The monoisotopic (exact) mass is 298 g/mol. The van der Waals surface area contributed by atoms with E-state index in [9.17, 15) is 4.79 Å². The molecule has 2 unspecified atom stereocenters. The van der Waals surface area contributed by atoms with Crippen molar-refractivity contribution in [3.05, 3.63) is 0 Å². The molecule has 1 fully saturated rings. The Labute approximate surface area is 130 Å². The fourth-order valence-corrected chi connectivity index (χ4v) is 3.18. The molecule has 124 valence electrons. The molecule has 0 aromatic heterocycles. The van der Waals surface area contributed by atoms with E-state index in [0.717, 1.165) is 25.3 Å². The quantitative estimate of drug-likeness (QED) is 0.739. The van der Waals surface area contributed by atoms with E-state index in [1.165, 1.54) is 32.4 Å². The van der Waals surface area contributed by atoms with Crippen molar-refractivity contribution >= 4 is 5.97 Å². The molecular weight excluding hydrogens is 264 g/mol. The summed E-state index contributed by atoms with van der Waals surface area (Å²) in [5.41, 5.74) is 5.10. The van der Waals surface area contributed by atoms with E-state index < -0.39 is 11.5 Å². The molecule has 0 aromatic rings. The summed E-state index contributed by atoms with van der Waals surface area (Å²) in [5, 5.41) is 9.00. The van der Waals surface area contributed by atoms with Gasteiger partial charge in [-0.25, -0.2) is 0 Å². The highest BCUT2D eigenvalue weighted by atomic mass is 16.4. The number of hydrogen-bond donors (Lipinski definition) is 2. The van der Waals surface area contributed by atoms with Gasteiger partial charge in [-0.2, -0.15) is 0 Å². The first-order valence-corrected chi connectivity index (χ1v) is 8.37. The number of carboxylic acids is 1. The van der Waals surface area contributed by atoms with Gasteiger partial charge in [-0.1, -0.05) is 20.8 Å². The van der Waals surface area contributed by atoms with Gasteiger partial charge in [-0.05, 0) is 76.4 Å². The molecule has 4 heteroatoms. The van der Waals surface area contributed by atoms with E-state index in [-0.39, 0.29) is 0 Å². The largest absolute Gasteiger partial charge is 0.480 e. The lowest BCUT2D eigenvalue weighted by Gasteiger charge is -2.29. The van der Waals surface area contributed by atoms with E-state index in [1.807, 2.05) is 0 Å². The lowest BCUT2D eigenvalue weighted by molar-refractivity contribution is -0.142. The minimum absolute atomic E-state index is 0.416. The SMILES string of the molecule is CC(N)(CCCCN1CCCC(C(C)(C)C)CC1)C(=O)O. The predicted octanol–water partition coefficient (Wildman–Crippen LogP) is 3.11. The van der Waals surface area contributed by atoms with Crippen LogP contribution in [0.1, 0.15) is 66.2 Å². The van der Waals surface area contributed by atoms with Gasteiger partial charge in [0.25, 0.3) is 0 Å². The zero-order valence-electron chi connectivity index (χ0n) is 14.3. The molecule has 0 saturated carbocycles. The Morgan fingerprint density at radius 3 is 2.43 bits per heavy atom. The van der Waals surface area contributed by atoms with Crippen molar-refractivity contribution in [2.75, 3.05) is 19.6 Å². The van der Waals surface area contributed by atoms with E-state index in [2.05, 4.69) is 25.7 Å². The highest BCUT2D eigenvalue weighted by Crippen LogP contribution is 2.34. The van der Waals surface area contributed by atoms with Crippen molar-refractivity contribution in [2.45, 2.75) is 71.8 Å². The number of aliphatic carboxylic acids is 1. The first kappa shape index (κ1) is 18.4. The highest BCUT2D eigenvalue weighted by molar-refractivity contribution is 5.77. The molecule has 1 aliphatic heterocycles. The maximum atomic E-state index is 11.0. The number of carbonyl (C=O) groups is 1. The molecule has 3 N–H and O–H groups in total. The molecule has 21 heavy (non-hydrogen) atoms. The van der Waals surface area contributed by atoms with Crippen LogP contribution in [0.2, 0.25) is 0 Å². The van der Waals surface area contributed by atoms with Crippen LogP contribution in [-0.4, -0.2) is 41.1 Å². The van der Waals surface area contributed by atoms with Crippen LogP contribution in [-0.2, 0) is 4.79 Å². The van der Waals surface area contributed by atoms with Crippen LogP contribution in [0, 0.1) is 11.3 Å². The number of likely N-dealkylation sites (tertiary alicyclic amines) is 1. The summed E-state index contributed by atoms with van der Waals surface area (Å²) in [5.74, 6) is -0.0767. The number of carboxylic acid groups (broad SMARTS) is 1. The van der Waals surface area contributed by atoms with Crippen molar-refractivity contribution in [1.82, 2.24) is 4.90 Å². The second kappa shape index (κ2) is 7.59. The summed E-state index contributed by atoms with van der Waals surface area (Å²) in [6.45, 7) is 12.1. The smallest absolute Gasteiger partial charge is 0.323 e. The van der Waals surface area contributed by atoms with Gasteiger partial charge in [-0.15, -0.1) is 0 Å². The van der Waals surface area contributed by atoms with E-state index >= 15 is 0 Å². The summed E-state index contributed by atoms with van der Waals surface area (Å²) < 4.78 is 0. The Hall–Kier alpha value is -0.610. The van der Waals surface area contributed by atoms with E-state index in [4.69, 9.17) is 10.8 Å². The second-order valence-electron chi connectivity index (χ2n) is 8.02. The van der Waals surface area contributed by atoms with Gasteiger partial charge in [0, 0.05) is 0 Å². The Balaban J connectivity index is 2.26. The van der Waals surface area contributed by atoms with E-state index in [0.29, 0.717) is 11.8 Å². The van der Waals surface area contributed by atoms with Crippen LogP contribution in [0.25, 0.3) is 0 Å². The highest BCUT2D eigenvalue weighted by Gasteiger charge is 2.28. The maximum Gasteiger partial charge on any atom is 0.323 e. The zero-order chi connectivity index (χ0) is 16.1. The Bertz CT molecular complexity index is 334. The van der Waals surface area contributed by atoms with Crippen LogP contribution in [0.15, 0.2) is 0 Å². The number of nitrogens with two attached hydrogens (primary N) is 1. The van der Waals surface area contributed by atoms with Crippen molar-refractivity contribution < 1.29 is 9.90 Å². The Kier molecular flexibility index (Phi) is 6.67. The van der Waals surface area contributed by atoms with Gasteiger partial charge in [0.1, 0.15) is 5.54 Å². The Morgan fingerprint density at radius 2 is 1.86 bits per heavy atom. The van der Waals surface area contributed by atoms with Gasteiger partial charge in [0.2, 0.25) is 0 Å². The molecule has 0 spiro atoms. The lowest BCUT2D eigenvalue weighted by Crippen LogP contribution is -2.44. The summed E-state index contributed by atoms with van der Waals surface area (Å²) in [6.07, 6.45) is 6.39. The van der Waals surface area contributed by atoms with Crippen molar-refractivity contribution in [3.8, 4) is 0 Å². The zero-order valence-corrected chi connectivity index (χ0v) is 14.3. The van der Waals surface area contributed by atoms with Crippen LogP contribution < -0.4 is 5.73 Å². The number of rotatable bonds is 6. The molecule has 2 atom stereocenters. The number of unbranched alkanes of at least 4 members (excludes halogenated alkanes) is 1. The number of nitrogens with zero attached hydrogens (tertiary/aromatic N) is 1. The molecule has 0 bridgehead atoms. The Morgan fingerprint density at radius 1 is 1.19 bits per heavy atom. The normalized spacial score (nSPS) is 24.3. The molecule has 0 amide bonds. The van der Waals surface area contributed by atoms with Gasteiger partial charge in [-0.3, -0.25) is 4.79 Å². The van der Waals surface area contributed by atoms with Crippen molar-refractivity contribution in [2.24, 2.45) is 17.1 Å². The van der Waals surface area contributed by atoms with Gasteiger partial charge in [0.15, 0.2) is 0 Å². The molecule has 1 heterocycles. The molecule has 1 saturated heterocycles. The van der Waals surface area contributed by atoms with Gasteiger partial charge in [0.05, 0.1) is 0 Å². The summed E-state index contributed by atoms with van der Waals surface area (Å²) in [4.78, 5) is 13.5. The fourth-order valence-electron chi connectivity index (χ4n) is 3.18. The topological polar surface area (TPSA) is 66.6 Å². The third-order valence-electron chi connectivity index (χ3n) is 4.95. The van der Waals surface area contributed by atoms with Crippen LogP contribution in [0.3, 0.4) is 0 Å². The van der Waals surface area contributed by atoms with Gasteiger partial charge < -0.3 is 15.7 Å². The van der Waals surface area contributed by atoms with E-state index in [1.54, 1.807) is 6.92 Å². The first-order chi connectivity index (χ1) is 9.63. The molecule has 1 aliphatic rings. The number of hydrogen-bond acceptors (Lipinski definition) is 3. The summed E-state index contributed by atoms with van der Waals surface area (Å²) in [6, 6.07) is 0. The fraction of sp³-hybridized carbons (Fsp3) is 0.941. The lowest BCUT2D eigenvalue weighted by atomic mass is 9.77. The van der Waals surface area contributed by atoms with Crippen molar-refractivity contribution in [1.29, 1.82) is 0 Å². The van der Waals surface area contributed by atoms with Crippen LogP contribution >= 0.6 is 0 Å². The first-order valence-electron chi connectivity index (χ1n) is 8.37. The molecular formula is C17H34N2O2. The summed E-state index contributed by atoms with van der Waals surface area (Å²) in [7, 11) is 0. The molecule has 0 radical (unpaired) electrons. The minimum atomic E-state index is -1.07. The van der Waals surface area contributed by atoms with Crippen molar-refractivity contribution in [3.63, 3.8) is 0 Å². The predicted molar refractivity (Wildman–Crippen MR) is 87.3 cm³/mol. The molecule has 0 aromatic carbocycles. The molecule has 4 nitrogen and oxygen atoms in total. The second-order valence-corrected chi connectivity index (χ2v) is 8.02.